The minimum atomic E-state index is -3.64. The van der Waals surface area contributed by atoms with Crippen LogP contribution in [0.3, 0.4) is 0 Å². The van der Waals surface area contributed by atoms with Gasteiger partial charge in [0.1, 0.15) is 0 Å². The Morgan fingerprint density at radius 3 is 2.57 bits per heavy atom. The largest absolute Gasteiger partial charge is 0.353 e. The Hall–Kier alpha value is -2.20. The fourth-order valence-corrected chi connectivity index (χ4v) is 4.30. The zero-order chi connectivity index (χ0) is 20.9. The van der Waals surface area contributed by atoms with Gasteiger partial charge in [0.05, 0.1) is 16.9 Å². The van der Waals surface area contributed by atoms with Crippen LogP contribution in [0.15, 0.2) is 18.2 Å². The molecule has 0 radical (unpaired) electrons. The molecule has 0 saturated carbocycles. The van der Waals surface area contributed by atoms with Crippen LogP contribution in [0.4, 0.5) is 11.4 Å². The van der Waals surface area contributed by atoms with E-state index >= 15 is 0 Å². The van der Waals surface area contributed by atoms with Crippen molar-refractivity contribution in [3.63, 3.8) is 0 Å². The maximum atomic E-state index is 12.2. The number of aryl methyl sites for hydroxylation is 1. The van der Waals surface area contributed by atoms with E-state index in [1.54, 1.807) is 6.92 Å². The van der Waals surface area contributed by atoms with Gasteiger partial charge in [0.2, 0.25) is 15.9 Å². The zero-order valence-electron chi connectivity index (χ0n) is 16.6. The van der Waals surface area contributed by atoms with Crippen LogP contribution in [0.5, 0.6) is 0 Å². The summed E-state index contributed by atoms with van der Waals surface area (Å²) in [5, 5.41) is 14.0. The van der Waals surface area contributed by atoms with Gasteiger partial charge in [-0.25, -0.2) is 8.42 Å². The van der Waals surface area contributed by atoms with Crippen LogP contribution in [0, 0.1) is 17.0 Å². The van der Waals surface area contributed by atoms with Crippen molar-refractivity contribution in [3.8, 4) is 0 Å². The molecular weight excluding hydrogens is 384 g/mol. The molecule has 0 atom stereocenters. The predicted molar refractivity (Wildman–Crippen MR) is 108 cm³/mol. The van der Waals surface area contributed by atoms with Crippen LogP contribution in [0.1, 0.15) is 31.2 Å². The third kappa shape index (κ3) is 6.16. The number of nitro groups is 1. The van der Waals surface area contributed by atoms with Crippen molar-refractivity contribution in [1.82, 2.24) is 10.2 Å². The highest BCUT2D eigenvalue weighted by molar-refractivity contribution is 7.92. The van der Waals surface area contributed by atoms with Crippen molar-refractivity contribution in [3.05, 3.63) is 33.9 Å². The summed E-state index contributed by atoms with van der Waals surface area (Å²) in [6.45, 7) is 3.67. The molecule has 1 N–H and O–H groups in total. The molecule has 1 saturated heterocycles. The molecule has 1 aliphatic rings. The number of likely N-dealkylation sites (tertiary alicyclic amines) is 1. The van der Waals surface area contributed by atoms with E-state index in [9.17, 15) is 23.3 Å². The maximum Gasteiger partial charge on any atom is 0.271 e. The molecule has 10 heteroatoms. The molecule has 9 nitrogen and oxygen atoms in total. The summed E-state index contributed by atoms with van der Waals surface area (Å²) in [6, 6.07) is 4.29. The predicted octanol–water partition coefficient (Wildman–Crippen LogP) is 1.66. The van der Waals surface area contributed by atoms with Gasteiger partial charge in [-0.3, -0.25) is 19.2 Å². The number of rotatable bonds is 8. The molecule has 1 fully saturated rings. The highest BCUT2D eigenvalue weighted by Crippen LogP contribution is 2.27. The topological polar surface area (TPSA) is 113 Å². The molecule has 0 bridgehead atoms. The number of benzene rings is 1. The average Bonchev–Trinajstić information content (AvgIpc) is 2.60. The first-order chi connectivity index (χ1) is 13.1. The Morgan fingerprint density at radius 1 is 1.36 bits per heavy atom. The summed E-state index contributed by atoms with van der Waals surface area (Å²) in [5.74, 6) is -0.0984. The average molecular weight is 413 g/mol. The van der Waals surface area contributed by atoms with E-state index in [0.29, 0.717) is 12.0 Å². The first-order valence-corrected chi connectivity index (χ1v) is 11.1. The minimum absolute atomic E-state index is 0.0850. The number of hydrogen-bond donors (Lipinski definition) is 1. The van der Waals surface area contributed by atoms with Crippen molar-refractivity contribution < 1.29 is 18.1 Å². The quantitative estimate of drug-likeness (QED) is 0.513. The molecule has 1 aliphatic heterocycles. The molecule has 2 rings (SSSR count). The molecule has 1 aromatic rings. The van der Waals surface area contributed by atoms with Crippen molar-refractivity contribution >= 4 is 27.3 Å². The lowest BCUT2D eigenvalue weighted by molar-refractivity contribution is -0.384. The second-order valence-electron chi connectivity index (χ2n) is 7.31. The van der Waals surface area contributed by atoms with E-state index in [2.05, 4.69) is 10.2 Å². The van der Waals surface area contributed by atoms with E-state index in [4.69, 9.17) is 0 Å². The van der Waals surface area contributed by atoms with Gasteiger partial charge >= 0.3 is 0 Å². The SMILES string of the molecule is Cc1ccc([N+](=O)[O-])cc1N(CCCC(=O)NC1CCN(C)CC1)S(C)(=O)=O. The molecule has 0 unspecified atom stereocenters. The second kappa shape index (κ2) is 9.33. The lowest BCUT2D eigenvalue weighted by atomic mass is 10.1. The maximum absolute atomic E-state index is 12.2. The number of carbonyl (C=O) groups excluding carboxylic acids is 1. The number of non-ortho nitro benzene ring substituents is 1. The molecule has 1 amide bonds. The van der Waals surface area contributed by atoms with Crippen LogP contribution in [-0.4, -0.2) is 63.1 Å². The Morgan fingerprint density at radius 2 is 2.00 bits per heavy atom. The smallest absolute Gasteiger partial charge is 0.271 e. The van der Waals surface area contributed by atoms with Gasteiger partial charge in [0, 0.05) is 31.1 Å². The molecule has 0 aromatic heterocycles. The number of piperidine rings is 1. The van der Waals surface area contributed by atoms with Crippen LogP contribution in [0.2, 0.25) is 0 Å². The van der Waals surface area contributed by atoms with Gasteiger partial charge in [-0.05, 0) is 51.9 Å². The van der Waals surface area contributed by atoms with E-state index in [0.717, 1.165) is 36.5 Å². The van der Waals surface area contributed by atoms with Gasteiger partial charge in [0.25, 0.3) is 5.69 Å². The summed E-state index contributed by atoms with van der Waals surface area (Å²) in [6.07, 6.45) is 3.40. The standard InChI is InChI=1S/C18H28N4O5S/c1-14-6-7-16(22(24)25)13-17(14)21(28(3,26)27)10-4-5-18(23)19-15-8-11-20(2)12-9-15/h6-7,13,15H,4-5,8-12H2,1-3H3,(H,19,23). The van der Waals surface area contributed by atoms with Gasteiger partial charge in [0.15, 0.2) is 0 Å². The molecule has 28 heavy (non-hydrogen) atoms. The van der Waals surface area contributed by atoms with Gasteiger partial charge in [-0.2, -0.15) is 0 Å². The summed E-state index contributed by atoms with van der Waals surface area (Å²) in [4.78, 5) is 24.9. The minimum Gasteiger partial charge on any atom is -0.353 e. The van der Waals surface area contributed by atoms with E-state index in [1.807, 2.05) is 7.05 Å². The van der Waals surface area contributed by atoms with Crippen molar-refractivity contribution in [2.24, 2.45) is 0 Å². The number of sulfonamides is 1. The number of nitro benzene ring substituents is 1. The number of anilines is 1. The number of nitrogens with zero attached hydrogens (tertiary/aromatic N) is 3. The third-order valence-corrected chi connectivity index (χ3v) is 6.10. The highest BCUT2D eigenvalue weighted by atomic mass is 32.2. The van der Waals surface area contributed by atoms with Gasteiger partial charge in [-0.1, -0.05) is 6.07 Å². The Balaban J connectivity index is 1.99. The number of nitrogens with one attached hydrogen (secondary N) is 1. The Bertz CT molecular complexity index is 819. The lowest BCUT2D eigenvalue weighted by Gasteiger charge is -2.29. The monoisotopic (exact) mass is 412 g/mol. The normalized spacial score (nSPS) is 16.0. The summed E-state index contributed by atoms with van der Waals surface area (Å²) >= 11 is 0. The van der Waals surface area contributed by atoms with Crippen LogP contribution in [0.25, 0.3) is 0 Å². The Labute approximate surface area is 165 Å². The van der Waals surface area contributed by atoms with Crippen LogP contribution < -0.4 is 9.62 Å². The van der Waals surface area contributed by atoms with Crippen molar-refractivity contribution in [2.45, 2.75) is 38.6 Å². The first-order valence-electron chi connectivity index (χ1n) is 9.28. The molecule has 1 heterocycles. The second-order valence-corrected chi connectivity index (χ2v) is 9.22. The van der Waals surface area contributed by atoms with E-state index in [1.165, 1.54) is 18.2 Å². The summed E-state index contributed by atoms with van der Waals surface area (Å²) in [5.41, 5.74) is 0.716. The first kappa shape index (κ1) is 22.1. The number of amides is 1. The lowest BCUT2D eigenvalue weighted by Crippen LogP contribution is -2.43. The molecule has 0 aliphatic carbocycles. The Kier molecular flexibility index (Phi) is 7.36. The third-order valence-electron chi connectivity index (χ3n) is 4.92. The molecule has 1 aromatic carbocycles. The van der Waals surface area contributed by atoms with Crippen molar-refractivity contribution in [1.29, 1.82) is 0 Å². The van der Waals surface area contributed by atoms with E-state index in [-0.39, 0.29) is 36.3 Å². The number of carbonyl (C=O) groups is 1. The van der Waals surface area contributed by atoms with Gasteiger partial charge < -0.3 is 10.2 Å². The molecular formula is C18H28N4O5S. The number of hydrogen-bond acceptors (Lipinski definition) is 6. The van der Waals surface area contributed by atoms with Crippen LogP contribution >= 0.6 is 0 Å². The molecule has 0 spiro atoms. The summed E-state index contributed by atoms with van der Waals surface area (Å²) in [7, 11) is -1.59. The van der Waals surface area contributed by atoms with Crippen molar-refractivity contribution in [2.75, 3.05) is 37.2 Å². The van der Waals surface area contributed by atoms with Gasteiger partial charge in [-0.15, -0.1) is 0 Å². The van der Waals surface area contributed by atoms with E-state index < -0.39 is 14.9 Å². The fraction of sp³-hybridized carbons (Fsp3) is 0.611. The summed E-state index contributed by atoms with van der Waals surface area (Å²) < 4.78 is 25.6. The van der Waals surface area contributed by atoms with Crippen LogP contribution in [-0.2, 0) is 14.8 Å². The fourth-order valence-electron chi connectivity index (χ4n) is 3.28. The molecule has 156 valence electrons. The zero-order valence-corrected chi connectivity index (χ0v) is 17.4. The highest BCUT2D eigenvalue weighted by Gasteiger charge is 2.23.